The predicted molar refractivity (Wildman–Crippen MR) is 66.8 cm³/mol. The van der Waals surface area contributed by atoms with Gasteiger partial charge in [0.25, 0.3) is 0 Å². The molecule has 0 atom stereocenters. The van der Waals surface area contributed by atoms with Crippen LogP contribution in [0.2, 0.25) is 4.34 Å². The lowest BCUT2D eigenvalue weighted by Gasteiger charge is -2.04. The third-order valence-corrected chi connectivity index (χ3v) is 3.74. The number of hydrogen-bond acceptors (Lipinski definition) is 3. The summed E-state index contributed by atoms with van der Waals surface area (Å²) >= 11 is 7.29. The maximum atomic E-state index is 11.4. The van der Waals surface area contributed by atoms with Crippen LogP contribution < -0.4 is 10.6 Å². The zero-order valence-electron chi connectivity index (χ0n) is 8.96. The minimum Gasteiger partial charge on any atom is -0.350 e. The molecule has 2 rings (SSSR count). The van der Waals surface area contributed by atoms with Gasteiger partial charge >= 0.3 is 0 Å². The van der Waals surface area contributed by atoms with Crippen molar-refractivity contribution in [2.75, 3.05) is 13.1 Å². The number of halogens is 1. The Morgan fingerprint density at radius 1 is 1.50 bits per heavy atom. The van der Waals surface area contributed by atoms with Crippen LogP contribution >= 0.6 is 22.9 Å². The van der Waals surface area contributed by atoms with Crippen LogP contribution in [-0.4, -0.2) is 19.0 Å². The molecule has 1 aromatic heterocycles. The summed E-state index contributed by atoms with van der Waals surface area (Å²) in [5.41, 5.74) is 0. The standard InChI is InChI=1S/C11H15ClN2OS/c12-10-4-3-9(16-10)6-14-11(15)7-13-5-8-1-2-8/h3-4,8,13H,1-2,5-7H2,(H,14,15). The molecular formula is C11H15ClN2OS. The molecule has 0 radical (unpaired) electrons. The van der Waals surface area contributed by atoms with E-state index >= 15 is 0 Å². The van der Waals surface area contributed by atoms with Crippen LogP contribution in [0.1, 0.15) is 17.7 Å². The first-order valence-corrected chi connectivity index (χ1v) is 6.65. The Hall–Kier alpha value is -0.580. The quantitative estimate of drug-likeness (QED) is 0.820. The summed E-state index contributed by atoms with van der Waals surface area (Å²) in [6.45, 7) is 1.95. The van der Waals surface area contributed by atoms with Crippen molar-refractivity contribution in [1.82, 2.24) is 10.6 Å². The Kier molecular flexibility index (Phi) is 4.21. The fourth-order valence-corrected chi connectivity index (χ4v) is 2.43. The van der Waals surface area contributed by atoms with E-state index in [1.807, 2.05) is 12.1 Å². The van der Waals surface area contributed by atoms with Crippen molar-refractivity contribution in [3.05, 3.63) is 21.3 Å². The van der Waals surface area contributed by atoms with Crippen LogP contribution in [0, 0.1) is 5.92 Å². The smallest absolute Gasteiger partial charge is 0.234 e. The number of amides is 1. The van der Waals surface area contributed by atoms with Gasteiger partial charge in [-0.1, -0.05) is 11.6 Å². The SMILES string of the molecule is O=C(CNCC1CC1)NCc1ccc(Cl)s1. The number of carbonyl (C=O) groups excluding carboxylic acids is 1. The molecule has 1 aliphatic rings. The maximum absolute atomic E-state index is 11.4. The van der Waals surface area contributed by atoms with Gasteiger partial charge in [-0.25, -0.2) is 0 Å². The predicted octanol–water partition coefficient (Wildman–Crippen LogP) is 2.02. The van der Waals surface area contributed by atoms with Gasteiger partial charge in [0.05, 0.1) is 17.4 Å². The fourth-order valence-electron chi connectivity index (χ4n) is 1.41. The summed E-state index contributed by atoms with van der Waals surface area (Å²) in [7, 11) is 0. The number of carbonyl (C=O) groups is 1. The second kappa shape index (κ2) is 5.66. The summed E-state index contributed by atoms with van der Waals surface area (Å²) in [6.07, 6.45) is 2.62. The van der Waals surface area contributed by atoms with Gasteiger partial charge in [-0.15, -0.1) is 11.3 Å². The summed E-state index contributed by atoms with van der Waals surface area (Å²) in [5, 5.41) is 6.01. The van der Waals surface area contributed by atoms with Gasteiger partial charge in [0.15, 0.2) is 0 Å². The van der Waals surface area contributed by atoms with E-state index < -0.39 is 0 Å². The molecule has 2 N–H and O–H groups in total. The molecule has 88 valence electrons. The first-order valence-electron chi connectivity index (χ1n) is 5.45. The molecule has 1 saturated carbocycles. The van der Waals surface area contributed by atoms with E-state index in [-0.39, 0.29) is 5.91 Å². The van der Waals surface area contributed by atoms with Gasteiger partial charge < -0.3 is 10.6 Å². The number of hydrogen-bond donors (Lipinski definition) is 2. The minimum atomic E-state index is 0.0465. The molecule has 1 aliphatic carbocycles. The molecule has 1 aromatic rings. The van der Waals surface area contributed by atoms with E-state index in [9.17, 15) is 4.79 Å². The normalized spacial score (nSPS) is 15.1. The van der Waals surface area contributed by atoms with E-state index in [0.29, 0.717) is 13.1 Å². The van der Waals surface area contributed by atoms with E-state index in [1.165, 1.54) is 24.2 Å². The van der Waals surface area contributed by atoms with Crippen molar-refractivity contribution in [2.24, 2.45) is 5.92 Å². The van der Waals surface area contributed by atoms with Crippen molar-refractivity contribution in [3.8, 4) is 0 Å². The number of rotatable bonds is 6. The van der Waals surface area contributed by atoms with Gasteiger partial charge in [-0.2, -0.15) is 0 Å². The lowest BCUT2D eigenvalue weighted by atomic mass is 10.4. The molecule has 0 unspecified atom stereocenters. The fraction of sp³-hybridized carbons (Fsp3) is 0.545. The zero-order valence-corrected chi connectivity index (χ0v) is 10.5. The van der Waals surface area contributed by atoms with Crippen molar-refractivity contribution in [3.63, 3.8) is 0 Å². The van der Waals surface area contributed by atoms with E-state index in [4.69, 9.17) is 11.6 Å². The van der Waals surface area contributed by atoms with Crippen molar-refractivity contribution >= 4 is 28.8 Å². The van der Waals surface area contributed by atoms with Gasteiger partial charge in [0.2, 0.25) is 5.91 Å². The Labute approximate surface area is 104 Å². The van der Waals surface area contributed by atoms with Crippen LogP contribution in [0.4, 0.5) is 0 Å². The van der Waals surface area contributed by atoms with Crippen LogP contribution in [0.25, 0.3) is 0 Å². The van der Waals surface area contributed by atoms with Crippen molar-refractivity contribution in [1.29, 1.82) is 0 Å². The summed E-state index contributed by atoms with van der Waals surface area (Å²) in [5.74, 6) is 0.856. The lowest BCUT2D eigenvalue weighted by molar-refractivity contribution is -0.120. The Morgan fingerprint density at radius 2 is 2.31 bits per heavy atom. The maximum Gasteiger partial charge on any atom is 0.234 e. The molecule has 16 heavy (non-hydrogen) atoms. The Morgan fingerprint density at radius 3 is 2.94 bits per heavy atom. The minimum absolute atomic E-state index is 0.0465. The van der Waals surface area contributed by atoms with Crippen molar-refractivity contribution in [2.45, 2.75) is 19.4 Å². The molecule has 1 heterocycles. The third-order valence-electron chi connectivity index (χ3n) is 2.50. The van der Waals surface area contributed by atoms with E-state index in [0.717, 1.165) is 21.7 Å². The highest BCUT2D eigenvalue weighted by Crippen LogP contribution is 2.27. The molecule has 0 bridgehead atoms. The zero-order chi connectivity index (χ0) is 11.4. The topological polar surface area (TPSA) is 41.1 Å². The lowest BCUT2D eigenvalue weighted by Crippen LogP contribution is -2.34. The highest BCUT2D eigenvalue weighted by Gasteiger charge is 2.20. The molecule has 5 heteroatoms. The van der Waals surface area contributed by atoms with Gasteiger partial charge in [-0.3, -0.25) is 4.79 Å². The second-order valence-corrected chi connectivity index (χ2v) is 5.86. The van der Waals surface area contributed by atoms with E-state index in [2.05, 4.69) is 10.6 Å². The first-order chi connectivity index (χ1) is 7.74. The largest absolute Gasteiger partial charge is 0.350 e. The van der Waals surface area contributed by atoms with Crippen molar-refractivity contribution < 1.29 is 4.79 Å². The average Bonchev–Trinajstić information content (AvgIpc) is 2.98. The summed E-state index contributed by atoms with van der Waals surface area (Å²) < 4.78 is 0.760. The van der Waals surface area contributed by atoms with Gasteiger partial charge in [0, 0.05) is 4.88 Å². The summed E-state index contributed by atoms with van der Waals surface area (Å²) in [4.78, 5) is 12.5. The van der Waals surface area contributed by atoms with Crippen LogP contribution in [-0.2, 0) is 11.3 Å². The average molecular weight is 259 g/mol. The number of thiophene rings is 1. The third kappa shape index (κ3) is 4.12. The van der Waals surface area contributed by atoms with Gasteiger partial charge in [0.1, 0.15) is 0 Å². The molecule has 0 aliphatic heterocycles. The molecular weight excluding hydrogens is 244 g/mol. The van der Waals surface area contributed by atoms with E-state index in [1.54, 1.807) is 0 Å². The number of nitrogens with one attached hydrogen (secondary N) is 2. The monoisotopic (exact) mass is 258 g/mol. The molecule has 0 spiro atoms. The Bertz CT molecular complexity index is 363. The molecule has 3 nitrogen and oxygen atoms in total. The molecule has 1 amide bonds. The molecule has 0 aromatic carbocycles. The molecule has 0 saturated heterocycles. The van der Waals surface area contributed by atoms with Crippen LogP contribution in [0.15, 0.2) is 12.1 Å². The summed E-state index contributed by atoms with van der Waals surface area (Å²) in [6, 6.07) is 3.78. The second-order valence-electron chi connectivity index (χ2n) is 4.06. The highest BCUT2D eigenvalue weighted by atomic mass is 35.5. The molecule has 1 fully saturated rings. The Balaban J connectivity index is 1.59. The first kappa shape index (κ1) is 11.9. The van der Waals surface area contributed by atoms with Gasteiger partial charge in [-0.05, 0) is 37.4 Å². The highest BCUT2D eigenvalue weighted by molar-refractivity contribution is 7.16. The van der Waals surface area contributed by atoms with Crippen LogP contribution in [0.5, 0.6) is 0 Å². The van der Waals surface area contributed by atoms with Crippen LogP contribution in [0.3, 0.4) is 0 Å².